The summed E-state index contributed by atoms with van der Waals surface area (Å²) >= 11 is 0. The maximum Gasteiger partial charge on any atom is 0.586 e. The van der Waals surface area contributed by atoms with Crippen molar-refractivity contribution in [1.29, 1.82) is 5.26 Å². The standard InChI is InChI=1S/C20H18F2N4O5S/c1-5-32(27,28)16-6-11(29-19(2,3)10-23)9-24-17(16)18-25-12-7-14-15(8-13(12)26(18)4)31-20(21,22)30-14/h6-9H,5H2,1-4H3. The molecule has 3 heterocycles. The molecule has 0 N–H and O–H groups in total. The maximum absolute atomic E-state index is 13.4. The van der Waals surface area contributed by atoms with Crippen LogP contribution in [0.3, 0.4) is 0 Å². The molecule has 3 aromatic rings. The Morgan fingerprint density at radius 3 is 2.53 bits per heavy atom. The van der Waals surface area contributed by atoms with E-state index in [9.17, 15) is 22.5 Å². The number of ether oxygens (including phenoxy) is 3. The van der Waals surface area contributed by atoms with Crippen LogP contribution in [0.4, 0.5) is 8.78 Å². The number of nitrogens with zero attached hydrogens (tertiary/aromatic N) is 4. The lowest BCUT2D eigenvalue weighted by molar-refractivity contribution is -0.286. The van der Waals surface area contributed by atoms with E-state index in [1.165, 1.54) is 49.7 Å². The fraction of sp³-hybridized carbons (Fsp3) is 0.350. The number of pyridine rings is 1. The molecule has 4 rings (SSSR count). The Kier molecular flexibility index (Phi) is 4.78. The summed E-state index contributed by atoms with van der Waals surface area (Å²) < 4.78 is 68.4. The fourth-order valence-electron chi connectivity index (χ4n) is 3.21. The minimum atomic E-state index is -3.77. The number of aromatic nitrogens is 3. The number of benzene rings is 1. The van der Waals surface area contributed by atoms with E-state index in [1.807, 2.05) is 6.07 Å². The summed E-state index contributed by atoms with van der Waals surface area (Å²) in [6.45, 7) is 4.56. The van der Waals surface area contributed by atoms with Gasteiger partial charge < -0.3 is 18.8 Å². The molecule has 1 aliphatic rings. The number of imidazole rings is 1. The van der Waals surface area contributed by atoms with Crippen LogP contribution < -0.4 is 14.2 Å². The second-order valence-corrected chi connectivity index (χ2v) is 9.84. The summed E-state index contributed by atoms with van der Waals surface area (Å²) in [7, 11) is -2.17. The topological polar surface area (TPSA) is 116 Å². The first-order chi connectivity index (χ1) is 14.9. The number of aryl methyl sites for hydroxylation is 1. The molecule has 32 heavy (non-hydrogen) atoms. The SMILES string of the molecule is CCS(=O)(=O)c1cc(OC(C)(C)C#N)cnc1-c1nc2cc3c(cc2n1C)OC(F)(F)O3. The molecule has 0 bridgehead atoms. The molecule has 0 fully saturated rings. The molecule has 9 nitrogen and oxygen atoms in total. The number of hydrogen-bond donors (Lipinski definition) is 0. The van der Waals surface area contributed by atoms with Crippen LogP contribution in [0.25, 0.3) is 22.6 Å². The second kappa shape index (κ2) is 7.03. The molecule has 0 spiro atoms. The van der Waals surface area contributed by atoms with Crippen molar-refractivity contribution in [3.63, 3.8) is 0 Å². The number of halogens is 2. The first-order valence-corrected chi connectivity index (χ1v) is 11.1. The zero-order valence-electron chi connectivity index (χ0n) is 17.5. The van der Waals surface area contributed by atoms with Gasteiger partial charge in [0.2, 0.25) is 0 Å². The average Bonchev–Trinajstić information content (AvgIpc) is 3.19. The molecule has 0 atom stereocenters. The van der Waals surface area contributed by atoms with Gasteiger partial charge in [-0.15, -0.1) is 8.78 Å². The Hall–Kier alpha value is -3.46. The molecule has 168 valence electrons. The monoisotopic (exact) mass is 464 g/mol. The van der Waals surface area contributed by atoms with Crippen LogP contribution in [0.15, 0.2) is 29.3 Å². The number of sulfone groups is 1. The van der Waals surface area contributed by atoms with E-state index in [0.717, 1.165) is 0 Å². The number of rotatable bonds is 5. The highest BCUT2D eigenvalue weighted by Crippen LogP contribution is 2.44. The number of alkyl halides is 2. The van der Waals surface area contributed by atoms with Crippen molar-refractivity contribution in [2.45, 2.75) is 37.6 Å². The van der Waals surface area contributed by atoms with Crippen LogP contribution >= 0.6 is 0 Å². The van der Waals surface area contributed by atoms with E-state index in [2.05, 4.69) is 19.4 Å². The summed E-state index contributed by atoms with van der Waals surface area (Å²) in [4.78, 5) is 8.53. The van der Waals surface area contributed by atoms with Gasteiger partial charge in [0.05, 0.1) is 23.0 Å². The van der Waals surface area contributed by atoms with Crippen molar-refractivity contribution in [2.24, 2.45) is 7.05 Å². The first-order valence-electron chi connectivity index (χ1n) is 9.45. The smallest absolute Gasteiger partial charge is 0.471 e. The molecular formula is C20H18F2N4O5S. The molecule has 1 aliphatic heterocycles. The molecule has 0 radical (unpaired) electrons. The van der Waals surface area contributed by atoms with Crippen molar-refractivity contribution < 1.29 is 31.4 Å². The minimum Gasteiger partial charge on any atom is -0.471 e. The summed E-state index contributed by atoms with van der Waals surface area (Å²) in [6, 6.07) is 5.89. The van der Waals surface area contributed by atoms with Crippen molar-refractivity contribution >= 4 is 20.9 Å². The maximum atomic E-state index is 13.4. The average molecular weight is 464 g/mol. The van der Waals surface area contributed by atoms with Crippen LogP contribution in [0, 0.1) is 11.3 Å². The van der Waals surface area contributed by atoms with Gasteiger partial charge in [0.25, 0.3) is 0 Å². The van der Waals surface area contributed by atoms with E-state index in [-0.39, 0.29) is 44.9 Å². The largest absolute Gasteiger partial charge is 0.586 e. The fourth-order valence-corrected chi connectivity index (χ4v) is 4.25. The quantitative estimate of drug-likeness (QED) is 0.564. The molecule has 0 aliphatic carbocycles. The van der Waals surface area contributed by atoms with E-state index >= 15 is 0 Å². The zero-order valence-corrected chi connectivity index (χ0v) is 18.3. The Morgan fingerprint density at radius 1 is 1.25 bits per heavy atom. The van der Waals surface area contributed by atoms with Gasteiger partial charge in [-0.3, -0.25) is 0 Å². The van der Waals surface area contributed by atoms with Crippen molar-refractivity contribution in [3.8, 4) is 34.8 Å². The summed E-state index contributed by atoms with van der Waals surface area (Å²) in [5.41, 5.74) is -0.445. The molecule has 0 unspecified atom stereocenters. The van der Waals surface area contributed by atoms with Gasteiger partial charge in [0.1, 0.15) is 22.4 Å². The van der Waals surface area contributed by atoms with Gasteiger partial charge in [-0.2, -0.15) is 5.26 Å². The molecule has 12 heteroatoms. The first kappa shape index (κ1) is 21.8. The molecular weight excluding hydrogens is 446 g/mol. The molecule has 1 aromatic carbocycles. The predicted molar refractivity (Wildman–Crippen MR) is 108 cm³/mol. The van der Waals surface area contributed by atoms with E-state index < -0.39 is 21.7 Å². The van der Waals surface area contributed by atoms with E-state index in [0.29, 0.717) is 5.52 Å². The molecule has 2 aromatic heterocycles. The normalized spacial score (nSPS) is 15.0. The van der Waals surface area contributed by atoms with Crippen molar-refractivity contribution in [3.05, 3.63) is 24.4 Å². The summed E-state index contributed by atoms with van der Waals surface area (Å²) in [5, 5.41) is 9.19. The zero-order chi connectivity index (χ0) is 23.5. The van der Waals surface area contributed by atoms with Crippen LogP contribution in [0.1, 0.15) is 20.8 Å². The summed E-state index contributed by atoms with van der Waals surface area (Å²) in [6.07, 6.45) is -2.46. The Balaban J connectivity index is 1.88. The van der Waals surface area contributed by atoms with Gasteiger partial charge in [-0.25, -0.2) is 18.4 Å². The number of fused-ring (bicyclic) bond motifs is 2. The highest BCUT2D eigenvalue weighted by atomic mass is 32.2. The molecule has 0 saturated carbocycles. The highest BCUT2D eigenvalue weighted by molar-refractivity contribution is 7.91. The van der Waals surface area contributed by atoms with Gasteiger partial charge in [0.15, 0.2) is 32.8 Å². The van der Waals surface area contributed by atoms with E-state index in [1.54, 1.807) is 7.05 Å². The second-order valence-electron chi connectivity index (χ2n) is 7.59. The Labute approximate surface area is 182 Å². The van der Waals surface area contributed by atoms with Crippen LogP contribution in [0.5, 0.6) is 17.2 Å². The third-order valence-electron chi connectivity index (χ3n) is 4.80. The lowest BCUT2D eigenvalue weighted by Crippen LogP contribution is -2.25. The molecule has 0 saturated heterocycles. The Morgan fingerprint density at radius 2 is 1.91 bits per heavy atom. The number of nitriles is 1. The number of hydrogen-bond acceptors (Lipinski definition) is 8. The third-order valence-corrected chi connectivity index (χ3v) is 6.54. The van der Waals surface area contributed by atoms with Crippen LogP contribution in [-0.4, -0.2) is 40.6 Å². The van der Waals surface area contributed by atoms with Crippen LogP contribution in [-0.2, 0) is 16.9 Å². The van der Waals surface area contributed by atoms with Gasteiger partial charge in [0, 0.05) is 25.2 Å². The Bertz CT molecular complexity index is 1390. The van der Waals surface area contributed by atoms with Gasteiger partial charge in [-0.1, -0.05) is 6.92 Å². The van der Waals surface area contributed by atoms with Crippen molar-refractivity contribution in [2.75, 3.05) is 5.75 Å². The van der Waals surface area contributed by atoms with Gasteiger partial charge >= 0.3 is 6.29 Å². The van der Waals surface area contributed by atoms with Crippen molar-refractivity contribution in [1.82, 2.24) is 14.5 Å². The lowest BCUT2D eigenvalue weighted by atomic mass is 10.2. The predicted octanol–water partition coefficient (Wildman–Crippen LogP) is 3.43. The van der Waals surface area contributed by atoms with Gasteiger partial charge in [-0.05, 0) is 13.8 Å². The lowest BCUT2D eigenvalue weighted by Gasteiger charge is -2.19. The van der Waals surface area contributed by atoms with Crippen LogP contribution in [0.2, 0.25) is 0 Å². The highest BCUT2D eigenvalue weighted by Gasteiger charge is 2.44. The minimum absolute atomic E-state index is 0.0555. The summed E-state index contributed by atoms with van der Waals surface area (Å²) in [5.74, 6) is -0.248. The third kappa shape index (κ3) is 3.69. The molecule has 0 amide bonds. The van der Waals surface area contributed by atoms with E-state index in [4.69, 9.17) is 4.74 Å².